The number of rotatable bonds is 8. The zero-order valence-electron chi connectivity index (χ0n) is 19.6. The molecule has 0 radical (unpaired) electrons. The Hall–Kier alpha value is -3.48. The SMILES string of the molecule is CC(C)Oc1ccc(-c2cc(CN=C(N)NSc3ccccc3)cnc2-c2ccc(Cl)cc2)cc1. The van der Waals surface area contributed by atoms with Crippen molar-refractivity contribution in [2.24, 2.45) is 10.7 Å². The number of benzene rings is 3. The van der Waals surface area contributed by atoms with Gasteiger partial charge in [0.25, 0.3) is 0 Å². The molecule has 7 heteroatoms. The number of aliphatic imine (C=N–C) groups is 1. The van der Waals surface area contributed by atoms with Crippen LogP contribution >= 0.6 is 23.5 Å². The van der Waals surface area contributed by atoms with Crippen molar-refractivity contribution >= 4 is 29.5 Å². The van der Waals surface area contributed by atoms with E-state index in [1.165, 1.54) is 11.9 Å². The highest BCUT2D eigenvalue weighted by Crippen LogP contribution is 2.33. The number of hydrogen-bond acceptors (Lipinski definition) is 4. The van der Waals surface area contributed by atoms with Gasteiger partial charge in [-0.25, -0.2) is 4.99 Å². The molecule has 1 aromatic heterocycles. The van der Waals surface area contributed by atoms with Gasteiger partial charge in [-0.1, -0.05) is 54.1 Å². The average molecular weight is 503 g/mol. The zero-order chi connectivity index (χ0) is 24.6. The summed E-state index contributed by atoms with van der Waals surface area (Å²) in [5.41, 5.74) is 10.9. The highest BCUT2D eigenvalue weighted by Gasteiger charge is 2.12. The topological polar surface area (TPSA) is 72.5 Å². The van der Waals surface area contributed by atoms with Crippen molar-refractivity contribution in [1.29, 1.82) is 0 Å². The molecule has 4 rings (SSSR count). The zero-order valence-corrected chi connectivity index (χ0v) is 21.2. The molecule has 0 saturated heterocycles. The molecule has 0 unspecified atom stereocenters. The second-order valence-electron chi connectivity index (χ2n) is 8.16. The van der Waals surface area contributed by atoms with E-state index in [4.69, 9.17) is 27.1 Å². The summed E-state index contributed by atoms with van der Waals surface area (Å²) in [7, 11) is 0. The van der Waals surface area contributed by atoms with Gasteiger partial charge in [-0.05, 0) is 79.4 Å². The first-order chi connectivity index (χ1) is 17.0. The van der Waals surface area contributed by atoms with Crippen molar-refractivity contribution in [3.05, 3.63) is 102 Å². The Morgan fingerprint density at radius 1 is 1.00 bits per heavy atom. The van der Waals surface area contributed by atoms with Crippen LogP contribution in [0.4, 0.5) is 0 Å². The maximum absolute atomic E-state index is 6.11. The summed E-state index contributed by atoms with van der Waals surface area (Å²) in [6.45, 7) is 4.43. The lowest BCUT2D eigenvalue weighted by Gasteiger charge is -2.13. The van der Waals surface area contributed by atoms with Crippen molar-refractivity contribution < 1.29 is 4.74 Å². The maximum atomic E-state index is 6.11. The van der Waals surface area contributed by atoms with Crippen LogP contribution in [0.15, 0.2) is 101 Å². The van der Waals surface area contributed by atoms with E-state index in [2.05, 4.69) is 15.8 Å². The molecule has 5 nitrogen and oxygen atoms in total. The van der Waals surface area contributed by atoms with Crippen molar-refractivity contribution in [2.75, 3.05) is 0 Å². The van der Waals surface area contributed by atoms with E-state index in [1.807, 2.05) is 98.9 Å². The molecule has 3 N–H and O–H groups in total. The van der Waals surface area contributed by atoms with Gasteiger partial charge in [-0.3, -0.25) is 9.71 Å². The summed E-state index contributed by atoms with van der Waals surface area (Å²) in [5, 5.41) is 0.688. The van der Waals surface area contributed by atoms with E-state index in [-0.39, 0.29) is 6.10 Å². The van der Waals surface area contributed by atoms with E-state index in [9.17, 15) is 0 Å². The molecule has 178 valence electrons. The number of guanidine groups is 1. The van der Waals surface area contributed by atoms with Crippen LogP contribution in [0.2, 0.25) is 5.02 Å². The molecule has 0 aliphatic rings. The molecule has 4 aromatic rings. The molecule has 0 saturated carbocycles. The Bertz CT molecular complexity index is 1280. The number of nitrogens with zero attached hydrogens (tertiary/aromatic N) is 2. The first-order valence-corrected chi connectivity index (χ1v) is 12.5. The number of hydrogen-bond donors (Lipinski definition) is 2. The van der Waals surface area contributed by atoms with Crippen LogP contribution in [0.5, 0.6) is 5.75 Å². The van der Waals surface area contributed by atoms with Crippen LogP contribution in [0.3, 0.4) is 0 Å². The van der Waals surface area contributed by atoms with E-state index in [1.54, 1.807) is 0 Å². The van der Waals surface area contributed by atoms with Crippen LogP contribution in [-0.4, -0.2) is 17.0 Å². The van der Waals surface area contributed by atoms with Gasteiger partial charge >= 0.3 is 0 Å². The summed E-state index contributed by atoms with van der Waals surface area (Å²) in [4.78, 5) is 10.3. The van der Waals surface area contributed by atoms with Gasteiger partial charge in [0.05, 0.1) is 18.3 Å². The van der Waals surface area contributed by atoms with Gasteiger partial charge in [-0.2, -0.15) is 0 Å². The van der Waals surface area contributed by atoms with E-state index in [0.717, 1.165) is 38.6 Å². The number of nitrogens with one attached hydrogen (secondary N) is 1. The highest BCUT2D eigenvalue weighted by molar-refractivity contribution is 7.98. The van der Waals surface area contributed by atoms with Crippen LogP contribution in [0.25, 0.3) is 22.4 Å². The first kappa shape index (κ1) is 24.6. The summed E-state index contributed by atoms with van der Waals surface area (Å²) in [5.74, 6) is 1.19. The third kappa shape index (κ3) is 7.01. The number of pyridine rings is 1. The Labute approximate surface area is 215 Å². The molecule has 0 spiro atoms. The van der Waals surface area contributed by atoms with Crippen LogP contribution in [-0.2, 0) is 6.54 Å². The smallest absolute Gasteiger partial charge is 0.199 e. The monoisotopic (exact) mass is 502 g/mol. The molecule has 0 aliphatic carbocycles. The summed E-state index contributed by atoms with van der Waals surface area (Å²) >= 11 is 7.53. The van der Waals surface area contributed by atoms with Crippen LogP contribution in [0, 0.1) is 0 Å². The summed E-state index contributed by atoms with van der Waals surface area (Å²) < 4.78 is 8.88. The average Bonchev–Trinajstić information content (AvgIpc) is 2.87. The molecule has 0 atom stereocenters. The Morgan fingerprint density at radius 2 is 1.69 bits per heavy atom. The normalized spacial score (nSPS) is 11.5. The van der Waals surface area contributed by atoms with Gasteiger partial charge in [0.2, 0.25) is 0 Å². The minimum atomic E-state index is 0.118. The molecule has 0 aliphatic heterocycles. The van der Waals surface area contributed by atoms with Crippen molar-refractivity contribution in [3.63, 3.8) is 0 Å². The molecule has 0 amide bonds. The standard InChI is InChI=1S/C28H27ClN4OS/c1-19(2)34-24-14-10-21(11-15-24)26-16-20(17-31-27(26)22-8-12-23(29)13-9-22)18-32-28(30)33-35-25-6-4-3-5-7-25/h3-17,19H,18H2,1-2H3,(H3,30,32,33). The lowest BCUT2D eigenvalue weighted by molar-refractivity contribution is 0.242. The molecular formula is C28H27ClN4OS. The van der Waals surface area contributed by atoms with E-state index in [0.29, 0.717) is 17.5 Å². The van der Waals surface area contributed by atoms with Crippen LogP contribution < -0.4 is 15.2 Å². The predicted molar refractivity (Wildman–Crippen MR) is 147 cm³/mol. The Balaban J connectivity index is 1.59. The van der Waals surface area contributed by atoms with E-state index >= 15 is 0 Å². The largest absolute Gasteiger partial charge is 0.491 e. The third-order valence-corrected chi connectivity index (χ3v) is 6.12. The molecular weight excluding hydrogens is 476 g/mol. The second kappa shape index (κ2) is 11.8. The third-order valence-electron chi connectivity index (χ3n) is 5.05. The second-order valence-corrected chi connectivity index (χ2v) is 9.47. The fourth-order valence-electron chi connectivity index (χ4n) is 3.45. The quantitative estimate of drug-likeness (QED) is 0.155. The fourth-order valence-corrected chi connectivity index (χ4v) is 4.15. The van der Waals surface area contributed by atoms with Gasteiger partial charge < -0.3 is 10.5 Å². The minimum Gasteiger partial charge on any atom is -0.491 e. The number of nitrogens with two attached hydrogens (primary N) is 1. The number of aromatic nitrogens is 1. The lowest BCUT2D eigenvalue weighted by atomic mass is 9.98. The maximum Gasteiger partial charge on any atom is 0.199 e. The van der Waals surface area contributed by atoms with Crippen molar-refractivity contribution in [1.82, 2.24) is 9.71 Å². The van der Waals surface area contributed by atoms with Gasteiger partial charge in [0, 0.05) is 27.2 Å². The Morgan fingerprint density at radius 3 is 2.37 bits per heavy atom. The molecule has 0 fully saturated rings. The number of ether oxygens (including phenoxy) is 1. The van der Waals surface area contributed by atoms with Gasteiger partial charge in [-0.15, -0.1) is 0 Å². The fraction of sp³-hybridized carbons (Fsp3) is 0.143. The summed E-state index contributed by atoms with van der Waals surface area (Å²) in [6, 6.07) is 27.8. The van der Waals surface area contributed by atoms with Crippen LogP contribution in [0.1, 0.15) is 19.4 Å². The molecule has 0 bridgehead atoms. The Kier molecular flexibility index (Phi) is 8.29. The lowest BCUT2D eigenvalue weighted by Crippen LogP contribution is -2.25. The molecule has 3 aromatic carbocycles. The van der Waals surface area contributed by atoms with Crippen molar-refractivity contribution in [3.8, 4) is 28.1 Å². The predicted octanol–water partition coefficient (Wildman–Crippen LogP) is 6.97. The summed E-state index contributed by atoms with van der Waals surface area (Å²) in [6.07, 6.45) is 1.96. The number of halogens is 1. The van der Waals surface area contributed by atoms with Crippen molar-refractivity contribution in [2.45, 2.75) is 31.4 Å². The van der Waals surface area contributed by atoms with Gasteiger partial charge in [0.15, 0.2) is 5.96 Å². The highest BCUT2D eigenvalue weighted by atomic mass is 35.5. The minimum absolute atomic E-state index is 0.118. The van der Waals surface area contributed by atoms with Gasteiger partial charge in [0.1, 0.15) is 5.75 Å². The van der Waals surface area contributed by atoms with E-state index < -0.39 is 0 Å². The molecule has 1 heterocycles. The first-order valence-electron chi connectivity index (χ1n) is 11.3. The molecule has 35 heavy (non-hydrogen) atoms.